The molecule has 0 radical (unpaired) electrons. The van der Waals surface area contributed by atoms with E-state index < -0.39 is 0 Å². The Hall–Kier alpha value is -4.10. The lowest BCUT2D eigenvalue weighted by molar-refractivity contribution is 0.416. The lowest BCUT2D eigenvalue weighted by atomic mass is 10.0. The van der Waals surface area contributed by atoms with E-state index in [4.69, 9.17) is 9.72 Å². The monoisotopic (exact) mass is 437 g/mol. The van der Waals surface area contributed by atoms with Crippen LogP contribution in [0.5, 0.6) is 11.5 Å². The highest BCUT2D eigenvalue weighted by atomic mass is 16.5. The number of nitrogens with one attached hydrogen (secondary N) is 2. The summed E-state index contributed by atoms with van der Waals surface area (Å²) in [6.45, 7) is 1.73. The van der Waals surface area contributed by atoms with Crippen molar-refractivity contribution in [2.24, 2.45) is 7.05 Å². The van der Waals surface area contributed by atoms with E-state index >= 15 is 0 Å². The normalized spacial score (nSPS) is 12.9. The number of aromatic amines is 1. The lowest BCUT2D eigenvalue weighted by Crippen LogP contribution is -1.99. The van der Waals surface area contributed by atoms with Crippen molar-refractivity contribution < 1.29 is 9.84 Å². The second-order valence-corrected chi connectivity index (χ2v) is 8.27. The van der Waals surface area contributed by atoms with Gasteiger partial charge in [-0.1, -0.05) is 42.5 Å². The van der Waals surface area contributed by atoms with E-state index in [2.05, 4.69) is 27.5 Å². The number of ether oxygens (including phenoxy) is 1. The van der Waals surface area contributed by atoms with Gasteiger partial charge in [0.05, 0.1) is 18.1 Å². The smallest absolute Gasteiger partial charge is 0.173 e. The van der Waals surface area contributed by atoms with E-state index in [0.717, 1.165) is 46.6 Å². The van der Waals surface area contributed by atoms with E-state index in [1.165, 1.54) is 11.1 Å². The Balaban J connectivity index is 1.38. The third-order valence-corrected chi connectivity index (χ3v) is 6.26. The molecule has 0 bridgehead atoms. The van der Waals surface area contributed by atoms with Gasteiger partial charge >= 0.3 is 0 Å². The van der Waals surface area contributed by atoms with Gasteiger partial charge in [0.1, 0.15) is 17.1 Å². The summed E-state index contributed by atoms with van der Waals surface area (Å²) in [5, 5.41) is 19.1. The van der Waals surface area contributed by atoms with E-state index in [9.17, 15) is 5.11 Å². The molecule has 6 rings (SSSR count). The number of H-pyrrole nitrogens is 1. The molecule has 5 aromatic rings. The average molecular weight is 438 g/mol. The fourth-order valence-corrected chi connectivity index (χ4v) is 4.58. The van der Waals surface area contributed by atoms with Crippen molar-refractivity contribution in [2.45, 2.75) is 13.1 Å². The average Bonchev–Trinajstić information content (AvgIpc) is 3.53. The largest absolute Gasteiger partial charge is 0.504 e. The number of methoxy groups -OCH3 is 1. The van der Waals surface area contributed by atoms with E-state index in [1.54, 1.807) is 11.8 Å². The van der Waals surface area contributed by atoms with Crippen molar-refractivity contribution in [2.75, 3.05) is 7.11 Å². The van der Waals surface area contributed by atoms with Crippen molar-refractivity contribution >= 4 is 11.0 Å². The Morgan fingerprint density at radius 1 is 0.970 bits per heavy atom. The van der Waals surface area contributed by atoms with Crippen LogP contribution in [-0.4, -0.2) is 32.0 Å². The molecule has 2 aromatic heterocycles. The molecule has 0 saturated heterocycles. The van der Waals surface area contributed by atoms with Crippen LogP contribution in [0.4, 0.5) is 0 Å². The first-order valence-electron chi connectivity index (χ1n) is 10.8. The standard InChI is InChI=1S/C26H23N5O2/c1-31-24(26-28-20-11-17-13-27-14-18(17)12-21(20)29-26)25(32)23(30-31)16-9-7-15(8-10-16)19-5-3-4-6-22(19)33-2/h3-12,27,32H,13-14H2,1-2H3,(H,28,29). The fraction of sp³-hybridized carbons (Fsp3) is 0.154. The minimum absolute atomic E-state index is 0.107. The summed E-state index contributed by atoms with van der Waals surface area (Å²) in [6, 6.07) is 20.1. The van der Waals surface area contributed by atoms with Crippen LogP contribution in [0.25, 0.3) is 44.9 Å². The maximum atomic E-state index is 11.1. The molecule has 0 unspecified atom stereocenters. The van der Waals surface area contributed by atoms with E-state index in [-0.39, 0.29) is 5.75 Å². The topological polar surface area (TPSA) is 88.0 Å². The number of nitrogens with zero attached hydrogens (tertiary/aromatic N) is 3. The zero-order chi connectivity index (χ0) is 22.5. The second kappa shape index (κ2) is 7.50. The number of para-hydroxylation sites is 1. The van der Waals surface area contributed by atoms with Gasteiger partial charge in [-0.3, -0.25) is 4.68 Å². The number of rotatable bonds is 4. The summed E-state index contributed by atoms with van der Waals surface area (Å²) in [7, 11) is 3.49. The first-order valence-corrected chi connectivity index (χ1v) is 10.8. The Morgan fingerprint density at radius 2 is 1.70 bits per heavy atom. The van der Waals surface area contributed by atoms with Crippen molar-refractivity contribution in [3.8, 4) is 45.4 Å². The second-order valence-electron chi connectivity index (χ2n) is 8.27. The predicted molar refractivity (Wildman–Crippen MR) is 128 cm³/mol. The molecule has 0 atom stereocenters. The molecule has 0 aliphatic carbocycles. The molecule has 33 heavy (non-hydrogen) atoms. The number of aromatic nitrogens is 4. The molecule has 7 nitrogen and oxygen atoms in total. The van der Waals surface area contributed by atoms with Gasteiger partial charge in [-0.05, 0) is 34.9 Å². The van der Waals surface area contributed by atoms with Crippen LogP contribution < -0.4 is 10.1 Å². The number of hydrogen-bond donors (Lipinski definition) is 3. The highest BCUT2D eigenvalue weighted by Crippen LogP contribution is 2.38. The van der Waals surface area contributed by atoms with Gasteiger partial charge in [-0.15, -0.1) is 0 Å². The molecule has 0 fully saturated rings. The number of aryl methyl sites for hydroxylation is 1. The predicted octanol–water partition coefficient (Wildman–Crippen LogP) is 4.61. The third kappa shape index (κ3) is 3.16. The molecule has 0 amide bonds. The number of hydrogen-bond acceptors (Lipinski definition) is 5. The maximum Gasteiger partial charge on any atom is 0.173 e. The van der Waals surface area contributed by atoms with Crippen molar-refractivity contribution in [3.63, 3.8) is 0 Å². The summed E-state index contributed by atoms with van der Waals surface area (Å²) in [4.78, 5) is 8.10. The first-order chi connectivity index (χ1) is 16.1. The van der Waals surface area contributed by atoms with E-state index in [0.29, 0.717) is 17.2 Å². The van der Waals surface area contributed by atoms with Crippen molar-refractivity contribution in [1.82, 2.24) is 25.1 Å². The lowest BCUT2D eigenvalue weighted by Gasteiger charge is -2.08. The Bertz CT molecular complexity index is 1460. The summed E-state index contributed by atoms with van der Waals surface area (Å²) in [6.07, 6.45) is 0. The minimum atomic E-state index is 0.107. The maximum absolute atomic E-state index is 11.1. The molecule has 7 heteroatoms. The Labute approximate surface area is 190 Å². The molecule has 1 aliphatic rings. The van der Waals surface area contributed by atoms with Gasteiger partial charge in [0.2, 0.25) is 0 Å². The Kier molecular flexibility index (Phi) is 4.45. The molecular weight excluding hydrogens is 414 g/mol. The molecule has 3 aromatic carbocycles. The molecule has 3 heterocycles. The molecule has 1 aliphatic heterocycles. The molecule has 164 valence electrons. The third-order valence-electron chi connectivity index (χ3n) is 6.26. The highest BCUT2D eigenvalue weighted by molar-refractivity contribution is 5.84. The number of aromatic hydroxyl groups is 1. The van der Waals surface area contributed by atoms with Gasteiger partial charge in [0, 0.05) is 31.3 Å². The summed E-state index contributed by atoms with van der Waals surface area (Å²) in [5.74, 6) is 1.53. The van der Waals surface area contributed by atoms with Crippen molar-refractivity contribution in [1.29, 1.82) is 0 Å². The van der Waals surface area contributed by atoms with Crippen LogP contribution in [0.1, 0.15) is 11.1 Å². The van der Waals surface area contributed by atoms with Crippen LogP contribution in [0.3, 0.4) is 0 Å². The molecule has 0 saturated carbocycles. The number of benzene rings is 3. The Morgan fingerprint density at radius 3 is 2.48 bits per heavy atom. The van der Waals surface area contributed by atoms with Crippen LogP contribution in [0.15, 0.2) is 60.7 Å². The van der Waals surface area contributed by atoms with Crippen molar-refractivity contribution in [3.05, 3.63) is 71.8 Å². The fourth-order valence-electron chi connectivity index (χ4n) is 4.58. The molecule has 3 N–H and O–H groups in total. The van der Waals surface area contributed by atoms with Gasteiger partial charge in [0.15, 0.2) is 11.6 Å². The van der Waals surface area contributed by atoms with Gasteiger partial charge in [-0.2, -0.15) is 5.10 Å². The summed E-state index contributed by atoms with van der Waals surface area (Å²) >= 11 is 0. The number of imidazole rings is 1. The zero-order valence-corrected chi connectivity index (χ0v) is 18.4. The van der Waals surface area contributed by atoms with Crippen LogP contribution >= 0.6 is 0 Å². The zero-order valence-electron chi connectivity index (χ0n) is 18.4. The van der Waals surface area contributed by atoms with Gasteiger partial charge in [-0.25, -0.2) is 4.98 Å². The van der Waals surface area contributed by atoms with Crippen LogP contribution in [-0.2, 0) is 20.1 Å². The summed E-state index contributed by atoms with van der Waals surface area (Å²) < 4.78 is 7.16. The van der Waals surface area contributed by atoms with Gasteiger partial charge < -0.3 is 20.1 Å². The van der Waals surface area contributed by atoms with Crippen LogP contribution in [0.2, 0.25) is 0 Å². The highest BCUT2D eigenvalue weighted by Gasteiger charge is 2.22. The summed E-state index contributed by atoms with van der Waals surface area (Å²) in [5.41, 5.74) is 8.35. The number of fused-ring (bicyclic) bond motifs is 2. The van der Waals surface area contributed by atoms with E-state index in [1.807, 2.05) is 55.6 Å². The SMILES string of the molecule is COc1ccccc1-c1ccc(-c2nn(C)c(-c3nc4cc5c(cc4[nH]3)CNC5)c2O)cc1. The molecular formula is C26H23N5O2. The minimum Gasteiger partial charge on any atom is -0.504 e. The first kappa shape index (κ1) is 19.6. The van der Waals surface area contributed by atoms with Gasteiger partial charge in [0.25, 0.3) is 0 Å². The molecule has 0 spiro atoms. The quantitative estimate of drug-likeness (QED) is 0.382. The van der Waals surface area contributed by atoms with Crippen LogP contribution in [0, 0.1) is 0 Å².